The molecule has 0 atom stereocenters. The molecular weight excluding hydrogens is 295 g/mol. The van der Waals surface area contributed by atoms with Crippen molar-refractivity contribution in [1.29, 1.82) is 0 Å². The summed E-state index contributed by atoms with van der Waals surface area (Å²) in [6, 6.07) is 11.4. The molecule has 0 unspecified atom stereocenters. The predicted octanol–water partition coefficient (Wildman–Crippen LogP) is 3.74. The maximum absolute atomic E-state index is 13.2. The normalized spacial score (nSPS) is 10.7. The Balaban J connectivity index is 1.80. The number of hydrogen-bond acceptors (Lipinski definition) is 2. The molecule has 0 aliphatic carbocycles. The maximum Gasteiger partial charge on any atom is 0.335 e. The van der Waals surface area contributed by atoms with Crippen molar-refractivity contribution < 1.29 is 14.3 Å². The molecule has 0 bridgehead atoms. The van der Waals surface area contributed by atoms with E-state index < -0.39 is 5.97 Å². The van der Waals surface area contributed by atoms with E-state index in [1.807, 2.05) is 13.1 Å². The number of halogens is 1. The smallest absolute Gasteiger partial charge is 0.335 e. The average molecular weight is 310 g/mol. The van der Waals surface area contributed by atoms with Crippen LogP contribution < -0.4 is 0 Å². The van der Waals surface area contributed by atoms with Crippen LogP contribution in [0.2, 0.25) is 0 Å². The fourth-order valence-corrected chi connectivity index (χ4v) is 2.48. The number of aromatic carboxylic acids is 1. The van der Waals surface area contributed by atoms with E-state index in [0.29, 0.717) is 6.54 Å². The van der Waals surface area contributed by atoms with Crippen molar-refractivity contribution in [2.45, 2.75) is 13.5 Å². The Morgan fingerprint density at radius 3 is 2.61 bits per heavy atom. The van der Waals surface area contributed by atoms with Crippen LogP contribution in [0.25, 0.3) is 11.1 Å². The van der Waals surface area contributed by atoms with Crippen LogP contribution in [0.3, 0.4) is 0 Å². The molecule has 5 heteroatoms. The van der Waals surface area contributed by atoms with Crippen molar-refractivity contribution in [3.63, 3.8) is 0 Å². The minimum Gasteiger partial charge on any atom is -0.478 e. The van der Waals surface area contributed by atoms with E-state index in [2.05, 4.69) is 5.10 Å². The van der Waals surface area contributed by atoms with Gasteiger partial charge in [0, 0.05) is 11.8 Å². The first kappa shape index (κ1) is 15.0. The van der Waals surface area contributed by atoms with Gasteiger partial charge in [-0.1, -0.05) is 18.2 Å². The first-order valence-corrected chi connectivity index (χ1v) is 7.14. The number of nitrogens with zero attached hydrogens (tertiary/aromatic N) is 2. The van der Waals surface area contributed by atoms with Crippen LogP contribution in [-0.2, 0) is 6.54 Å². The zero-order valence-corrected chi connectivity index (χ0v) is 12.5. The van der Waals surface area contributed by atoms with Crippen LogP contribution >= 0.6 is 0 Å². The van der Waals surface area contributed by atoms with Crippen LogP contribution in [0.15, 0.2) is 54.9 Å². The number of aryl methyl sites for hydroxylation is 1. The van der Waals surface area contributed by atoms with E-state index in [9.17, 15) is 9.18 Å². The van der Waals surface area contributed by atoms with Gasteiger partial charge >= 0.3 is 5.97 Å². The lowest BCUT2D eigenvalue weighted by molar-refractivity contribution is 0.0697. The van der Waals surface area contributed by atoms with Crippen molar-refractivity contribution in [1.82, 2.24) is 9.78 Å². The highest BCUT2D eigenvalue weighted by Crippen LogP contribution is 2.23. The standard InChI is InChI=1S/C18H15FN2O2/c1-12-8-16(19)6-7-17(12)15-9-20-21(11-15)10-13-2-4-14(5-3-13)18(22)23/h2-9,11H,10H2,1H3,(H,22,23). The number of carboxylic acid groups (broad SMARTS) is 1. The van der Waals surface area contributed by atoms with E-state index >= 15 is 0 Å². The fraction of sp³-hybridized carbons (Fsp3) is 0.111. The lowest BCUT2D eigenvalue weighted by Gasteiger charge is -2.04. The quantitative estimate of drug-likeness (QED) is 0.798. The number of hydrogen-bond donors (Lipinski definition) is 1. The van der Waals surface area contributed by atoms with Crippen molar-refractivity contribution in [3.8, 4) is 11.1 Å². The van der Waals surface area contributed by atoms with Crippen molar-refractivity contribution in [3.05, 3.63) is 77.4 Å². The number of rotatable bonds is 4. The molecule has 1 heterocycles. The van der Waals surface area contributed by atoms with Crippen LogP contribution in [0.1, 0.15) is 21.5 Å². The van der Waals surface area contributed by atoms with E-state index in [4.69, 9.17) is 5.11 Å². The molecular formula is C18H15FN2O2. The van der Waals surface area contributed by atoms with Crippen molar-refractivity contribution >= 4 is 5.97 Å². The third-order valence-corrected chi connectivity index (χ3v) is 3.68. The summed E-state index contributed by atoms with van der Waals surface area (Å²) in [5.74, 6) is -1.19. The van der Waals surface area contributed by atoms with Gasteiger partial charge in [0.25, 0.3) is 0 Å². The topological polar surface area (TPSA) is 55.1 Å². The van der Waals surface area contributed by atoms with Gasteiger partial charge in [-0.15, -0.1) is 0 Å². The molecule has 0 aliphatic heterocycles. The molecule has 1 N–H and O–H groups in total. The Labute approximate surface area is 132 Å². The van der Waals surface area contributed by atoms with E-state index in [1.54, 1.807) is 41.2 Å². The summed E-state index contributed by atoms with van der Waals surface area (Å²) in [6.45, 7) is 2.40. The van der Waals surface area contributed by atoms with Gasteiger partial charge in [-0.3, -0.25) is 4.68 Å². The fourth-order valence-electron chi connectivity index (χ4n) is 2.48. The number of benzene rings is 2. The largest absolute Gasteiger partial charge is 0.478 e. The van der Waals surface area contributed by atoms with Crippen LogP contribution in [0.4, 0.5) is 4.39 Å². The van der Waals surface area contributed by atoms with Crippen molar-refractivity contribution in [2.24, 2.45) is 0 Å². The Bertz CT molecular complexity index is 854. The zero-order chi connectivity index (χ0) is 16.4. The zero-order valence-electron chi connectivity index (χ0n) is 12.5. The van der Waals surface area contributed by atoms with Gasteiger partial charge in [0.05, 0.1) is 18.3 Å². The molecule has 3 aromatic rings. The number of aromatic nitrogens is 2. The average Bonchev–Trinajstić information content (AvgIpc) is 2.96. The summed E-state index contributed by atoms with van der Waals surface area (Å²) < 4.78 is 15.0. The SMILES string of the molecule is Cc1cc(F)ccc1-c1cnn(Cc2ccc(C(=O)O)cc2)c1. The highest BCUT2D eigenvalue weighted by atomic mass is 19.1. The maximum atomic E-state index is 13.2. The first-order valence-electron chi connectivity index (χ1n) is 7.14. The summed E-state index contributed by atoms with van der Waals surface area (Å²) in [5, 5.41) is 13.2. The molecule has 0 radical (unpaired) electrons. The molecule has 0 saturated carbocycles. The molecule has 0 amide bonds. The molecule has 116 valence electrons. The van der Waals surface area contributed by atoms with Gasteiger partial charge in [-0.25, -0.2) is 9.18 Å². The van der Waals surface area contributed by atoms with Gasteiger partial charge < -0.3 is 5.11 Å². The van der Waals surface area contributed by atoms with Gasteiger partial charge in [0.15, 0.2) is 0 Å². The Kier molecular flexibility index (Phi) is 3.93. The second kappa shape index (κ2) is 6.04. The summed E-state index contributed by atoms with van der Waals surface area (Å²) in [7, 11) is 0. The minimum atomic E-state index is -0.940. The lowest BCUT2D eigenvalue weighted by atomic mass is 10.0. The Hall–Kier alpha value is -2.95. The predicted molar refractivity (Wildman–Crippen MR) is 84.9 cm³/mol. The van der Waals surface area contributed by atoms with Gasteiger partial charge in [0.1, 0.15) is 5.82 Å². The summed E-state index contributed by atoms with van der Waals surface area (Å²) in [4.78, 5) is 10.8. The molecule has 3 rings (SSSR count). The summed E-state index contributed by atoms with van der Waals surface area (Å²) >= 11 is 0. The van der Waals surface area contributed by atoms with Crippen LogP contribution in [-0.4, -0.2) is 20.9 Å². The molecule has 0 fully saturated rings. The van der Waals surface area contributed by atoms with E-state index in [0.717, 1.165) is 22.3 Å². The van der Waals surface area contributed by atoms with Crippen molar-refractivity contribution in [2.75, 3.05) is 0 Å². The Morgan fingerprint density at radius 1 is 1.22 bits per heavy atom. The number of carboxylic acids is 1. The number of carbonyl (C=O) groups is 1. The Morgan fingerprint density at radius 2 is 1.96 bits per heavy atom. The second-order valence-corrected chi connectivity index (χ2v) is 5.39. The van der Waals surface area contributed by atoms with Crippen LogP contribution in [0.5, 0.6) is 0 Å². The van der Waals surface area contributed by atoms with E-state index in [-0.39, 0.29) is 11.4 Å². The molecule has 23 heavy (non-hydrogen) atoms. The van der Waals surface area contributed by atoms with Gasteiger partial charge in [0.2, 0.25) is 0 Å². The van der Waals surface area contributed by atoms with E-state index in [1.165, 1.54) is 12.1 Å². The van der Waals surface area contributed by atoms with Gasteiger partial charge in [-0.05, 0) is 47.9 Å². The third kappa shape index (κ3) is 3.29. The lowest BCUT2D eigenvalue weighted by Crippen LogP contribution is -2.01. The minimum absolute atomic E-state index is 0.253. The first-order chi connectivity index (χ1) is 11.0. The molecule has 0 saturated heterocycles. The monoisotopic (exact) mass is 310 g/mol. The molecule has 0 spiro atoms. The van der Waals surface area contributed by atoms with Gasteiger partial charge in [-0.2, -0.15) is 5.10 Å². The van der Waals surface area contributed by atoms with Crippen LogP contribution in [0, 0.1) is 12.7 Å². The summed E-state index contributed by atoms with van der Waals surface area (Å²) in [5.41, 5.74) is 3.94. The second-order valence-electron chi connectivity index (χ2n) is 5.39. The molecule has 1 aromatic heterocycles. The highest BCUT2D eigenvalue weighted by molar-refractivity contribution is 5.87. The molecule has 4 nitrogen and oxygen atoms in total. The molecule has 0 aliphatic rings. The molecule has 2 aromatic carbocycles. The highest BCUT2D eigenvalue weighted by Gasteiger charge is 2.07. The third-order valence-electron chi connectivity index (χ3n) is 3.68. The summed E-state index contributed by atoms with van der Waals surface area (Å²) in [6.07, 6.45) is 3.64.